The van der Waals surface area contributed by atoms with E-state index in [4.69, 9.17) is 0 Å². The molecule has 1 N–H and O–H groups in total. The monoisotopic (exact) mass is 244 g/mol. The van der Waals surface area contributed by atoms with Gasteiger partial charge in [0.25, 0.3) is 0 Å². The van der Waals surface area contributed by atoms with Gasteiger partial charge in [-0.3, -0.25) is 9.78 Å². The van der Waals surface area contributed by atoms with Crippen molar-refractivity contribution in [2.45, 2.75) is 6.54 Å². The molecule has 0 aliphatic rings. The molecule has 1 aromatic carbocycles. The molecule has 0 atom stereocenters. The largest absolute Gasteiger partial charge is 0.304 e. The van der Waals surface area contributed by atoms with Crippen molar-refractivity contribution in [1.82, 2.24) is 10.3 Å². The first-order valence-corrected chi connectivity index (χ1v) is 5.65. The fraction of sp³-hybridized carbons (Fsp3) is 0.143. The van der Waals surface area contributed by atoms with E-state index in [1.54, 1.807) is 6.20 Å². The van der Waals surface area contributed by atoms with Crippen LogP contribution in [-0.4, -0.2) is 17.3 Å². The number of hydrogen-bond acceptors (Lipinski definition) is 3. The fourth-order valence-electron chi connectivity index (χ4n) is 1.54. The van der Waals surface area contributed by atoms with Crippen molar-refractivity contribution in [3.8, 4) is 0 Å². The zero-order chi connectivity index (χ0) is 12.8. The van der Waals surface area contributed by atoms with Crippen LogP contribution in [0, 0.1) is 5.82 Å². The highest BCUT2D eigenvalue weighted by atomic mass is 19.1. The van der Waals surface area contributed by atoms with Crippen LogP contribution in [0.5, 0.6) is 0 Å². The van der Waals surface area contributed by atoms with Crippen molar-refractivity contribution in [2.75, 3.05) is 6.54 Å². The molecule has 3 nitrogen and oxygen atoms in total. The Morgan fingerprint density at radius 2 is 1.94 bits per heavy atom. The minimum atomic E-state index is -0.340. The van der Waals surface area contributed by atoms with Gasteiger partial charge in [0.15, 0.2) is 5.78 Å². The molecule has 1 aromatic heterocycles. The normalized spacial score (nSPS) is 10.3. The summed E-state index contributed by atoms with van der Waals surface area (Å²) in [4.78, 5) is 15.9. The van der Waals surface area contributed by atoms with Crippen molar-refractivity contribution in [3.05, 3.63) is 65.7 Å². The molecule has 2 rings (SSSR count). The van der Waals surface area contributed by atoms with Crippen molar-refractivity contribution >= 4 is 5.78 Å². The number of pyridine rings is 1. The van der Waals surface area contributed by atoms with Gasteiger partial charge in [0.05, 0.1) is 12.2 Å². The quantitative estimate of drug-likeness (QED) is 0.820. The standard InChI is InChI=1S/C14H13FN2O/c15-12-6-4-11(5-7-12)14(18)10-16-9-13-3-1-2-8-17-13/h1-8,16H,9-10H2. The minimum Gasteiger partial charge on any atom is -0.304 e. The number of hydrogen-bond donors (Lipinski definition) is 1. The summed E-state index contributed by atoms with van der Waals surface area (Å²) in [6.45, 7) is 0.746. The first-order chi connectivity index (χ1) is 8.75. The second-order valence-corrected chi connectivity index (χ2v) is 3.85. The lowest BCUT2D eigenvalue weighted by Gasteiger charge is -2.03. The molecular formula is C14H13FN2O. The second kappa shape index (κ2) is 6.02. The van der Waals surface area contributed by atoms with Crippen molar-refractivity contribution in [2.24, 2.45) is 0 Å². The van der Waals surface area contributed by atoms with Crippen molar-refractivity contribution in [3.63, 3.8) is 0 Å². The number of Topliss-reactive ketones (excluding diaryl/α,β-unsaturated/α-hetero) is 1. The lowest BCUT2D eigenvalue weighted by molar-refractivity contribution is 0.0990. The number of halogens is 1. The summed E-state index contributed by atoms with van der Waals surface area (Å²) in [6.07, 6.45) is 1.71. The maximum absolute atomic E-state index is 12.7. The average molecular weight is 244 g/mol. The predicted molar refractivity (Wildman–Crippen MR) is 66.7 cm³/mol. The molecule has 1 heterocycles. The third kappa shape index (κ3) is 3.46. The number of nitrogens with zero attached hydrogens (tertiary/aromatic N) is 1. The maximum atomic E-state index is 12.7. The fourth-order valence-corrected chi connectivity index (χ4v) is 1.54. The number of benzene rings is 1. The molecule has 0 aliphatic heterocycles. The zero-order valence-corrected chi connectivity index (χ0v) is 9.77. The molecule has 0 bridgehead atoms. The highest BCUT2D eigenvalue weighted by Crippen LogP contribution is 2.03. The molecule has 0 amide bonds. The van der Waals surface area contributed by atoms with Gasteiger partial charge >= 0.3 is 0 Å². The topological polar surface area (TPSA) is 42.0 Å². The van der Waals surface area contributed by atoms with Crippen LogP contribution in [0.15, 0.2) is 48.7 Å². The smallest absolute Gasteiger partial charge is 0.176 e. The number of ketones is 1. The molecule has 18 heavy (non-hydrogen) atoms. The highest BCUT2D eigenvalue weighted by Gasteiger charge is 2.05. The second-order valence-electron chi connectivity index (χ2n) is 3.85. The Bertz CT molecular complexity index is 511. The van der Waals surface area contributed by atoms with Gasteiger partial charge in [-0.2, -0.15) is 0 Å². The SMILES string of the molecule is O=C(CNCc1ccccn1)c1ccc(F)cc1. The summed E-state index contributed by atoms with van der Waals surface area (Å²) >= 11 is 0. The van der Waals surface area contributed by atoms with Gasteiger partial charge in [0.1, 0.15) is 5.82 Å². The summed E-state index contributed by atoms with van der Waals surface area (Å²) in [5.41, 5.74) is 1.38. The van der Waals surface area contributed by atoms with Gasteiger partial charge in [-0.1, -0.05) is 6.07 Å². The lowest BCUT2D eigenvalue weighted by atomic mass is 10.1. The number of carbonyl (C=O) groups is 1. The van der Waals surface area contributed by atoms with Crippen LogP contribution in [0.2, 0.25) is 0 Å². The van der Waals surface area contributed by atoms with Gasteiger partial charge in [-0.15, -0.1) is 0 Å². The number of nitrogens with one attached hydrogen (secondary N) is 1. The summed E-state index contributed by atoms with van der Waals surface area (Å²) in [6, 6.07) is 11.2. The Morgan fingerprint density at radius 3 is 2.61 bits per heavy atom. The molecule has 4 heteroatoms. The number of carbonyl (C=O) groups excluding carboxylic acids is 1. The predicted octanol–water partition coefficient (Wildman–Crippen LogP) is 2.19. The summed E-state index contributed by atoms with van der Waals surface area (Å²) < 4.78 is 12.7. The van der Waals surface area contributed by atoms with Crippen LogP contribution >= 0.6 is 0 Å². The summed E-state index contributed by atoms with van der Waals surface area (Å²) in [5, 5.41) is 3.01. The van der Waals surface area contributed by atoms with Gasteiger partial charge in [0.2, 0.25) is 0 Å². The van der Waals surface area contributed by atoms with Crippen LogP contribution in [0.4, 0.5) is 4.39 Å². The van der Waals surface area contributed by atoms with Crippen molar-refractivity contribution in [1.29, 1.82) is 0 Å². The molecule has 0 saturated carbocycles. The van der Waals surface area contributed by atoms with E-state index in [1.165, 1.54) is 24.3 Å². The Kier molecular flexibility index (Phi) is 4.15. The van der Waals surface area contributed by atoms with Gasteiger partial charge in [-0.05, 0) is 36.4 Å². The van der Waals surface area contributed by atoms with Crippen LogP contribution in [-0.2, 0) is 6.54 Å². The molecule has 0 spiro atoms. The Morgan fingerprint density at radius 1 is 1.17 bits per heavy atom. The summed E-state index contributed by atoms with van der Waals surface area (Å²) in [7, 11) is 0. The van der Waals surface area contributed by atoms with Crippen molar-refractivity contribution < 1.29 is 9.18 Å². The molecule has 0 fully saturated rings. The summed E-state index contributed by atoms with van der Waals surface area (Å²) in [5.74, 6) is -0.404. The van der Waals surface area contributed by atoms with Crippen LogP contribution in [0.1, 0.15) is 16.1 Å². The molecule has 0 unspecified atom stereocenters. The minimum absolute atomic E-state index is 0.0640. The Balaban J connectivity index is 1.84. The first-order valence-electron chi connectivity index (χ1n) is 5.65. The van der Waals surface area contributed by atoms with E-state index < -0.39 is 0 Å². The zero-order valence-electron chi connectivity index (χ0n) is 9.77. The van der Waals surface area contributed by atoms with Crippen LogP contribution < -0.4 is 5.32 Å². The molecule has 0 saturated heterocycles. The molecular weight excluding hydrogens is 231 g/mol. The lowest BCUT2D eigenvalue weighted by Crippen LogP contribution is -2.23. The van der Waals surface area contributed by atoms with Gasteiger partial charge in [-0.25, -0.2) is 4.39 Å². The van der Waals surface area contributed by atoms with Gasteiger partial charge < -0.3 is 5.32 Å². The molecule has 2 aromatic rings. The molecule has 0 aliphatic carbocycles. The van der Waals surface area contributed by atoms with E-state index in [2.05, 4.69) is 10.3 Å². The first kappa shape index (κ1) is 12.4. The van der Waals surface area contributed by atoms with E-state index in [-0.39, 0.29) is 18.1 Å². The highest BCUT2D eigenvalue weighted by molar-refractivity contribution is 5.97. The van der Waals surface area contributed by atoms with E-state index >= 15 is 0 Å². The third-order valence-electron chi connectivity index (χ3n) is 2.48. The molecule has 0 radical (unpaired) electrons. The number of aromatic nitrogens is 1. The van der Waals surface area contributed by atoms with E-state index in [0.29, 0.717) is 12.1 Å². The third-order valence-corrected chi connectivity index (χ3v) is 2.48. The van der Waals surface area contributed by atoms with Crippen LogP contribution in [0.3, 0.4) is 0 Å². The van der Waals surface area contributed by atoms with E-state index in [0.717, 1.165) is 5.69 Å². The Labute approximate surface area is 105 Å². The van der Waals surface area contributed by atoms with Crippen LogP contribution in [0.25, 0.3) is 0 Å². The number of rotatable bonds is 5. The maximum Gasteiger partial charge on any atom is 0.176 e. The van der Waals surface area contributed by atoms with E-state index in [9.17, 15) is 9.18 Å². The van der Waals surface area contributed by atoms with E-state index in [1.807, 2.05) is 18.2 Å². The molecule has 92 valence electrons. The average Bonchev–Trinajstić information content (AvgIpc) is 2.40. The van der Waals surface area contributed by atoms with Gasteiger partial charge in [0, 0.05) is 18.3 Å². The Hall–Kier alpha value is -2.07.